The van der Waals surface area contributed by atoms with Crippen molar-refractivity contribution in [3.8, 4) is 5.75 Å². The van der Waals surface area contributed by atoms with Crippen LogP contribution in [0.5, 0.6) is 5.75 Å². The van der Waals surface area contributed by atoms with Crippen LogP contribution in [0.3, 0.4) is 0 Å². The molecule has 0 fully saturated rings. The van der Waals surface area contributed by atoms with Gasteiger partial charge in [0.05, 0.1) is 13.2 Å². The maximum atomic E-state index is 12.2. The Labute approximate surface area is 163 Å². The summed E-state index contributed by atoms with van der Waals surface area (Å²) < 4.78 is 5.73. The Hall–Kier alpha value is -2.49. The van der Waals surface area contributed by atoms with E-state index in [0.29, 0.717) is 0 Å². The Morgan fingerprint density at radius 3 is 2.48 bits per heavy atom. The maximum absolute atomic E-state index is 12.2. The summed E-state index contributed by atoms with van der Waals surface area (Å²) in [6.45, 7) is 7.36. The van der Waals surface area contributed by atoms with Crippen molar-refractivity contribution in [3.05, 3.63) is 53.6 Å². The van der Waals surface area contributed by atoms with Crippen molar-refractivity contribution in [2.75, 3.05) is 23.8 Å². The Balaban J connectivity index is 1.79. The van der Waals surface area contributed by atoms with E-state index in [1.54, 1.807) is 0 Å². The Morgan fingerprint density at radius 2 is 1.78 bits per heavy atom. The number of carbonyl (C=O) groups is 1. The smallest absolute Gasteiger partial charge is 0.243 e. The molecule has 2 rings (SSSR count). The van der Waals surface area contributed by atoms with Crippen molar-refractivity contribution in [2.45, 2.75) is 52.9 Å². The lowest BCUT2D eigenvalue weighted by atomic mass is 10.1. The molecule has 27 heavy (non-hydrogen) atoms. The van der Waals surface area contributed by atoms with Crippen LogP contribution in [-0.2, 0) is 11.2 Å². The molecule has 2 aromatic carbocycles. The normalized spacial score (nSPS) is 10.5. The van der Waals surface area contributed by atoms with Crippen LogP contribution in [0.1, 0.15) is 50.7 Å². The molecule has 0 bridgehead atoms. The summed E-state index contributed by atoms with van der Waals surface area (Å²) in [4.78, 5) is 12.2. The first-order valence-corrected chi connectivity index (χ1v) is 9.99. The number of nitrogens with one attached hydrogen (secondary N) is 2. The van der Waals surface area contributed by atoms with E-state index in [1.165, 1.54) is 24.8 Å². The third-order valence-corrected chi connectivity index (χ3v) is 4.57. The van der Waals surface area contributed by atoms with Gasteiger partial charge in [-0.1, -0.05) is 51.3 Å². The topological polar surface area (TPSA) is 50.4 Å². The lowest BCUT2D eigenvalue weighted by Crippen LogP contribution is -2.22. The standard InChI is InChI=1S/C23H32N2O2/c1-4-6-7-8-16-27-21-14-12-20(13-15-21)25-22(26)17-24-23-18(3)10-9-11-19(23)5-2/h9-15,24H,4-8,16-17H2,1-3H3,(H,25,26). The number of rotatable bonds is 11. The highest BCUT2D eigenvalue weighted by molar-refractivity contribution is 5.94. The van der Waals surface area contributed by atoms with Crippen LogP contribution in [-0.4, -0.2) is 19.1 Å². The van der Waals surface area contributed by atoms with Gasteiger partial charge in [-0.15, -0.1) is 0 Å². The van der Waals surface area contributed by atoms with Gasteiger partial charge in [-0.05, 0) is 55.2 Å². The maximum Gasteiger partial charge on any atom is 0.243 e. The van der Waals surface area contributed by atoms with E-state index < -0.39 is 0 Å². The largest absolute Gasteiger partial charge is 0.494 e. The summed E-state index contributed by atoms with van der Waals surface area (Å²) in [5.41, 5.74) is 4.22. The van der Waals surface area contributed by atoms with Crippen molar-refractivity contribution in [2.24, 2.45) is 0 Å². The van der Waals surface area contributed by atoms with Crippen LogP contribution in [0.25, 0.3) is 0 Å². The summed E-state index contributed by atoms with van der Waals surface area (Å²) >= 11 is 0. The average molecular weight is 369 g/mol. The van der Waals surface area contributed by atoms with E-state index >= 15 is 0 Å². The zero-order chi connectivity index (χ0) is 19.5. The van der Waals surface area contributed by atoms with Gasteiger partial charge in [0.2, 0.25) is 5.91 Å². The van der Waals surface area contributed by atoms with Gasteiger partial charge >= 0.3 is 0 Å². The second-order valence-electron chi connectivity index (χ2n) is 6.80. The number of aryl methyl sites for hydroxylation is 2. The van der Waals surface area contributed by atoms with Crippen LogP contribution in [0.4, 0.5) is 11.4 Å². The van der Waals surface area contributed by atoms with E-state index in [0.717, 1.165) is 42.1 Å². The van der Waals surface area contributed by atoms with Gasteiger partial charge in [0.1, 0.15) is 5.75 Å². The van der Waals surface area contributed by atoms with Gasteiger partial charge in [0.15, 0.2) is 0 Å². The molecular formula is C23H32N2O2. The fourth-order valence-corrected chi connectivity index (χ4v) is 3.00. The third-order valence-electron chi connectivity index (χ3n) is 4.57. The lowest BCUT2D eigenvalue weighted by molar-refractivity contribution is -0.114. The fraction of sp³-hybridized carbons (Fsp3) is 0.435. The number of unbranched alkanes of at least 4 members (excludes halogenated alkanes) is 3. The zero-order valence-corrected chi connectivity index (χ0v) is 16.8. The minimum atomic E-state index is -0.0615. The van der Waals surface area contributed by atoms with E-state index in [1.807, 2.05) is 30.3 Å². The molecule has 0 radical (unpaired) electrons. The molecule has 1 amide bonds. The Kier molecular flexibility index (Phi) is 8.69. The van der Waals surface area contributed by atoms with Crippen LogP contribution >= 0.6 is 0 Å². The number of benzene rings is 2. The average Bonchev–Trinajstić information content (AvgIpc) is 2.68. The summed E-state index contributed by atoms with van der Waals surface area (Å²) in [7, 11) is 0. The van der Waals surface area contributed by atoms with Gasteiger partial charge in [-0.3, -0.25) is 4.79 Å². The molecule has 0 aliphatic heterocycles. The molecule has 0 saturated heterocycles. The van der Waals surface area contributed by atoms with Crippen molar-refractivity contribution < 1.29 is 9.53 Å². The highest BCUT2D eigenvalue weighted by Gasteiger charge is 2.07. The molecule has 0 aromatic heterocycles. The molecule has 0 atom stereocenters. The molecule has 4 nitrogen and oxygen atoms in total. The number of para-hydroxylation sites is 1. The molecule has 4 heteroatoms. The highest BCUT2D eigenvalue weighted by atomic mass is 16.5. The zero-order valence-electron chi connectivity index (χ0n) is 16.8. The number of anilines is 2. The highest BCUT2D eigenvalue weighted by Crippen LogP contribution is 2.21. The summed E-state index contributed by atoms with van der Waals surface area (Å²) in [6.07, 6.45) is 5.71. The van der Waals surface area contributed by atoms with Gasteiger partial charge in [0, 0.05) is 11.4 Å². The second-order valence-corrected chi connectivity index (χ2v) is 6.80. The molecule has 2 aromatic rings. The summed E-state index contributed by atoms with van der Waals surface area (Å²) in [5, 5.41) is 6.20. The second kappa shape index (κ2) is 11.3. The SMILES string of the molecule is CCCCCCOc1ccc(NC(=O)CNc2c(C)cccc2CC)cc1. The van der Waals surface area contributed by atoms with Crippen LogP contribution in [0, 0.1) is 6.92 Å². The lowest BCUT2D eigenvalue weighted by Gasteiger charge is -2.14. The van der Waals surface area contributed by atoms with Crippen molar-refractivity contribution in [1.82, 2.24) is 0 Å². The third kappa shape index (κ3) is 6.97. The van der Waals surface area contributed by atoms with E-state index in [9.17, 15) is 4.79 Å². The van der Waals surface area contributed by atoms with E-state index in [2.05, 4.69) is 43.5 Å². The first-order valence-electron chi connectivity index (χ1n) is 9.99. The first-order chi connectivity index (χ1) is 13.1. The Bertz CT molecular complexity index is 711. The number of ether oxygens (including phenoxy) is 1. The molecule has 0 aliphatic rings. The van der Waals surface area contributed by atoms with Crippen LogP contribution in [0.2, 0.25) is 0 Å². The predicted octanol–water partition coefficient (Wildman–Crippen LogP) is 5.57. The molecule has 146 valence electrons. The molecule has 2 N–H and O–H groups in total. The van der Waals surface area contributed by atoms with Crippen molar-refractivity contribution >= 4 is 17.3 Å². The molecule has 0 spiro atoms. The minimum Gasteiger partial charge on any atom is -0.494 e. The Morgan fingerprint density at radius 1 is 1.00 bits per heavy atom. The molecular weight excluding hydrogens is 336 g/mol. The van der Waals surface area contributed by atoms with Crippen LogP contribution in [0.15, 0.2) is 42.5 Å². The molecule has 0 heterocycles. The van der Waals surface area contributed by atoms with Gasteiger partial charge in [-0.2, -0.15) is 0 Å². The first kappa shape index (κ1) is 20.8. The van der Waals surface area contributed by atoms with Crippen LogP contribution < -0.4 is 15.4 Å². The van der Waals surface area contributed by atoms with Gasteiger partial charge in [0.25, 0.3) is 0 Å². The van der Waals surface area contributed by atoms with Gasteiger partial charge in [-0.25, -0.2) is 0 Å². The van der Waals surface area contributed by atoms with Crippen molar-refractivity contribution in [3.63, 3.8) is 0 Å². The fourth-order valence-electron chi connectivity index (χ4n) is 3.00. The molecule has 0 saturated carbocycles. The van der Waals surface area contributed by atoms with E-state index in [-0.39, 0.29) is 12.5 Å². The minimum absolute atomic E-state index is 0.0615. The number of amides is 1. The van der Waals surface area contributed by atoms with Crippen molar-refractivity contribution in [1.29, 1.82) is 0 Å². The number of hydrogen-bond donors (Lipinski definition) is 2. The number of carbonyl (C=O) groups excluding carboxylic acids is 1. The predicted molar refractivity (Wildman–Crippen MR) is 114 cm³/mol. The monoisotopic (exact) mass is 368 g/mol. The molecule has 0 unspecified atom stereocenters. The quantitative estimate of drug-likeness (QED) is 0.510. The molecule has 0 aliphatic carbocycles. The number of hydrogen-bond acceptors (Lipinski definition) is 3. The van der Waals surface area contributed by atoms with E-state index in [4.69, 9.17) is 4.74 Å². The summed E-state index contributed by atoms with van der Waals surface area (Å²) in [6, 6.07) is 13.8. The summed E-state index contributed by atoms with van der Waals surface area (Å²) in [5.74, 6) is 0.781. The van der Waals surface area contributed by atoms with Gasteiger partial charge < -0.3 is 15.4 Å².